The van der Waals surface area contributed by atoms with Gasteiger partial charge in [0.25, 0.3) is 0 Å². The molecule has 146 valence electrons. The molecule has 0 spiro atoms. The molecule has 0 atom stereocenters. The smallest absolute Gasteiger partial charge is 0.0858 e. The van der Waals surface area contributed by atoms with E-state index in [1.807, 2.05) is 31.6 Å². The summed E-state index contributed by atoms with van der Waals surface area (Å²) in [5, 5.41) is 5.67. The number of nitrogens with one attached hydrogen (secondary N) is 1. The van der Waals surface area contributed by atoms with Gasteiger partial charge >= 0.3 is 0 Å². The maximum atomic E-state index is 4.47. The summed E-state index contributed by atoms with van der Waals surface area (Å²) in [6.45, 7) is 8.81. The lowest BCUT2D eigenvalue weighted by Crippen LogP contribution is -2.25. The predicted octanol–water partition coefficient (Wildman–Crippen LogP) is 5.27. The third kappa shape index (κ3) is 4.76. The van der Waals surface area contributed by atoms with E-state index in [2.05, 4.69) is 64.2 Å². The molecule has 1 heterocycles. The number of hydrogen-bond acceptors (Lipinski definition) is 4. The maximum Gasteiger partial charge on any atom is 0.0858 e. The molecule has 0 aliphatic carbocycles. The molecule has 0 aliphatic heterocycles. The zero-order valence-electron chi connectivity index (χ0n) is 17.0. The Kier molecular flexibility index (Phi) is 7.15. The lowest BCUT2D eigenvalue weighted by Gasteiger charge is -2.28. The number of para-hydroxylation sites is 1. The van der Waals surface area contributed by atoms with Crippen LogP contribution in [0.25, 0.3) is 10.8 Å². The van der Waals surface area contributed by atoms with Crippen molar-refractivity contribution in [3.8, 4) is 0 Å². The van der Waals surface area contributed by atoms with Crippen LogP contribution in [-0.2, 0) is 6.54 Å². The minimum absolute atomic E-state index is 0.813. The molecular formula is C24H30N4. The first-order valence-electron chi connectivity index (χ1n) is 10.0. The fourth-order valence-corrected chi connectivity index (χ4v) is 3.74. The SMILES string of the molecule is C=Nc1cccc(C)c1N(CCCCCNC)Cc1cncc2ccccc12. The van der Waals surface area contributed by atoms with Gasteiger partial charge in [0.1, 0.15) is 0 Å². The van der Waals surface area contributed by atoms with E-state index in [-0.39, 0.29) is 0 Å². The van der Waals surface area contributed by atoms with Gasteiger partial charge in [0.15, 0.2) is 0 Å². The number of pyridine rings is 1. The van der Waals surface area contributed by atoms with E-state index in [1.165, 1.54) is 40.4 Å². The van der Waals surface area contributed by atoms with Gasteiger partial charge in [-0.3, -0.25) is 9.98 Å². The van der Waals surface area contributed by atoms with E-state index >= 15 is 0 Å². The van der Waals surface area contributed by atoms with Gasteiger partial charge in [-0.05, 0) is 62.7 Å². The molecule has 0 aliphatic rings. The summed E-state index contributed by atoms with van der Waals surface area (Å²) in [6, 6.07) is 14.7. The minimum atomic E-state index is 0.813. The standard InChI is InChI=1S/C24H30N4/c1-19-10-9-13-23(26-3)24(19)28(15-8-4-7-14-25-2)18-21-17-27-16-20-11-5-6-12-22(20)21/h5-6,9-13,16-17,25H,3-4,7-8,14-15,18H2,1-2H3. The van der Waals surface area contributed by atoms with Gasteiger partial charge in [-0.1, -0.05) is 42.8 Å². The highest BCUT2D eigenvalue weighted by molar-refractivity contribution is 5.85. The van der Waals surface area contributed by atoms with Crippen molar-refractivity contribution in [2.75, 3.05) is 25.0 Å². The number of aryl methyl sites for hydroxylation is 1. The summed E-state index contributed by atoms with van der Waals surface area (Å²) in [7, 11) is 2.01. The third-order valence-corrected chi connectivity index (χ3v) is 5.17. The molecule has 4 heteroatoms. The van der Waals surface area contributed by atoms with Crippen molar-refractivity contribution in [3.05, 3.63) is 66.0 Å². The number of hydrogen-bond donors (Lipinski definition) is 1. The second-order valence-electron chi connectivity index (χ2n) is 7.21. The first kappa shape index (κ1) is 20.0. The Balaban J connectivity index is 1.91. The van der Waals surface area contributed by atoms with E-state index in [9.17, 15) is 0 Å². The van der Waals surface area contributed by atoms with Crippen molar-refractivity contribution in [1.82, 2.24) is 10.3 Å². The highest BCUT2D eigenvalue weighted by atomic mass is 15.1. The first-order chi connectivity index (χ1) is 13.7. The van der Waals surface area contributed by atoms with Gasteiger partial charge in [-0.25, -0.2) is 0 Å². The molecule has 0 bridgehead atoms. The molecule has 0 radical (unpaired) electrons. The molecule has 0 unspecified atom stereocenters. The van der Waals surface area contributed by atoms with Crippen molar-refractivity contribution in [2.24, 2.45) is 4.99 Å². The van der Waals surface area contributed by atoms with E-state index in [1.54, 1.807) is 0 Å². The van der Waals surface area contributed by atoms with Gasteiger partial charge in [-0.15, -0.1) is 0 Å². The molecule has 0 fully saturated rings. The number of rotatable bonds is 10. The number of nitrogens with zero attached hydrogens (tertiary/aromatic N) is 3. The van der Waals surface area contributed by atoms with E-state index in [0.717, 1.165) is 31.7 Å². The fraction of sp³-hybridized carbons (Fsp3) is 0.333. The summed E-state index contributed by atoms with van der Waals surface area (Å²) >= 11 is 0. The molecule has 28 heavy (non-hydrogen) atoms. The normalized spacial score (nSPS) is 10.9. The third-order valence-electron chi connectivity index (χ3n) is 5.17. The van der Waals surface area contributed by atoms with Crippen molar-refractivity contribution >= 4 is 28.9 Å². The Morgan fingerprint density at radius 1 is 1.04 bits per heavy atom. The van der Waals surface area contributed by atoms with Crippen LogP contribution < -0.4 is 10.2 Å². The zero-order chi connectivity index (χ0) is 19.8. The van der Waals surface area contributed by atoms with Crippen LogP contribution in [0.2, 0.25) is 0 Å². The van der Waals surface area contributed by atoms with Crippen LogP contribution in [0.3, 0.4) is 0 Å². The molecule has 1 aromatic heterocycles. The summed E-state index contributed by atoms with van der Waals surface area (Å²) in [6.07, 6.45) is 7.47. The van der Waals surface area contributed by atoms with Crippen LogP contribution in [0.15, 0.2) is 59.9 Å². The molecule has 3 rings (SSSR count). The molecule has 3 aromatic rings. The Bertz CT molecular complexity index is 914. The summed E-state index contributed by atoms with van der Waals surface area (Å²) in [5.74, 6) is 0. The largest absolute Gasteiger partial charge is 0.365 e. The average molecular weight is 375 g/mol. The summed E-state index contributed by atoms with van der Waals surface area (Å²) in [5.41, 5.74) is 4.60. The van der Waals surface area contributed by atoms with Crippen molar-refractivity contribution in [3.63, 3.8) is 0 Å². The number of unbranched alkanes of at least 4 members (excludes halogenated alkanes) is 2. The predicted molar refractivity (Wildman–Crippen MR) is 121 cm³/mol. The lowest BCUT2D eigenvalue weighted by atomic mass is 10.1. The number of aromatic nitrogens is 1. The van der Waals surface area contributed by atoms with E-state index in [0.29, 0.717) is 0 Å². The van der Waals surface area contributed by atoms with Crippen molar-refractivity contribution in [2.45, 2.75) is 32.7 Å². The second kappa shape index (κ2) is 10.00. The van der Waals surface area contributed by atoms with Gasteiger partial charge in [0.2, 0.25) is 0 Å². The highest BCUT2D eigenvalue weighted by Crippen LogP contribution is 2.34. The van der Waals surface area contributed by atoms with Gasteiger partial charge in [0, 0.05) is 30.9 Å². The molecule has 0 saturated carbocycles. The molecule has 4 nitrogen and oxygen atoms in total. The molecule has 1 N–H and O–H groups in total. The minimum Gasteiger partial charge on any atom is -0.365 e. The van der Waals surface area contributed by atoms with Crippen molar-refractivity contribution < 1.29 is 0 Å². The van der Waals surface area contributed by atoms with Crippen LogP contribution in [0.1, 0.15) is 30.4 Å². The maximum absolute atomic E-state index is 4.47. The fourth-order valence-electron chi connectivity index (χ4n) is 3.74. The Hall–Kier alpha value is -2.72. The Morgan fingerprint density at radius 3 is 2.71 bits per heavy atom. The Morgan fingerprint density at radius 2 is 1.89 bits per heavy atom. The van der Waals surface area contributed by atoms with E-state index < -0.39 is 0 Å². The number of fused-ring (bicyclic) bond motifs is 1. The van der Waals surface area contributed by atoms with Crippen molar-refractivity contribution in [1.29, 1.82) is 0 Å². The summed E-state index contributed by atoms with van der Waals surface area (Å²) < 4.78 is 0. The highest BCUT2D eigenvalue weighted by Gasteiger charge is 2.15. The first-order valence-corrected chi connectivity index (χ1v) is 10.0. The average Bonchev–Trinajstić information content (AvgIpc) is 2.73. The number of anilines is 1. The lowest BCUT2D eigenvalue weighted by molar-refractivity contribution is 0.626. The molecular weight excluding hydrogens is 344 g/mol. The van der Waals surface area contributed by atoms with Crippen LogP contribution in [-0.4, -0.2) is 31.8 Å². The molecule has 0 amide bonds. The zero-order valence-corrected chi connectivity index (χ0v) is 17.0. The van der Waals surface area contributed by atoms with Gasteiger partial charge in [-0.2, -0.15) is 0 Å². The summed E-state index contributed by atoms with van der Waals surface area (Å²) in [4.78, 5) is 11.2. The van der Waals surface area contributed by atoms with Crippen LogP contribution in [0, 0.1) is 6.92 Å². The van der Waals surface area contributed by atoms with Crippen LogP contribution in [0.4, 0.5) is 11.4 Å². The van der Waals surface area contributed by atoms with E-state index in [4.69, 9.17) is 0 Å². The number of benzene rings is 2. The van der Waals surface area contributed by atoms with Gasteiger partial charge in [0.05, 0.1) is 11.4 Å². The molecule has 0 saturated heterocycles. The number of aliphatic imine (C=N–C) groups is 1. The monoisotopic (exact) mass is 374 g/mol. The quantitative estimate of drug-likeness (QED) is 0.388. The topological polar surface area (TPSA) is 40.5 Å². The van der Waals surface area contributed by atoms with Gasteiger partial charge < -0.3 is 10.2 Å². The Labute approximate surface area is 168 Å². The molecule has 2 aromatic carbocycles. The van der Waals surface area contributed by atoms with Crippen LogP contribution in [0.5, 0.6) is 0 Å². The van der Waals surface area contributed by atoms with Crippen LogP contribution >= 0.6 is 0 Å². The second-order valence-corrected chi connectivity index (χ2v) is 7.21.